The summed E-state index contributed by atoms with van der Waals surface area (Å²) in [6, 6.07) is 3.73. The SMILES string of the molecule is CC(C)(C)Cc1nn(-c2ccc(Br)cn2)c(N)c1Cl. The van der Waals surface area contributed by atoms with E-state index in [0.717, 1.165) is 16.6 Å². The average molecular weight is 344 g/mol. The van der Waals surface area contributed by atoms with E-state index in [1.807, 2.05) is 12.1 Å². The summed E-state index contributed by atoms with van der Waals surface area (Å²) in [5, 5.41) is 4.99. The predicted molar refractivity (Wildman–Crippen MR) is 81.6 cm³/mol. The van der Waals surface area contributed by atoms with Crippen molar-refractivity contribution in [2.45, 2.75) is 27.2 Å². The van der Waals surface area contributed by atoms with Gasteiger partial charge in [0.15, 0.2) is 5.82 Å². The van der Waals surface area contributed by atoms with Gasteiger partial charge in [-0.25, -0.2) is 4.98 Å². The van der Waals surface area contributed by atoms with Crippen LogP contribution >= 0.6 is 27.5 Å². The van der Waals surface area contributed by atoms with Crippen molar-refractivity contribution in [2.24, 2.45) is 5.41 Å². The second kappa shape index (κ2) is 5.13. The highest BCUT2D eigenvalue weighted by Crippen LogP contribution is 2.30. The van der Waals surface area contributed by atoms with E-state index in [1.165, 1.54) is 0 Å². The predicted octanol–water partition coefficient (Wildman–Crippen LogP) is 3.85. The molecule has 2 aromatic heterocycles. The number of hydrogen-bond donors (Lipinski definition) is 1. The maximum absolute atomic E-state index is 6.26. The Bertz CT molecular complexity index is 584. The van der Waals surface area contributed by atoms with Crippen molar-refractivity contribution in [1.29, 1.82) is 0 Å². The molecule has 2 rings (SSSR count). The first kappa shape index (κ1) is 14.3. The van der Waals surface area contributed by atoms with Gasteiger partial charge in [-0.2, -0.15) is 9.78 Å². The summed E-state index contributed by atoms with van der Waals surface area (Å²) in [7, 11) is 0. The highest BCUT2D eigenvalue weighted by Gasteiger charge is 2.20. The molecule has 0 unspecified atom stereocenters. The zero-order valence-corrected chi connectivity index (χ0v) is 13.5. The fourth-order valence-corrected chi connectivity index (χ4v) is 2.16. The quantitative estimate of drug-likeness (QED) is 0.901. The van der Waals surface area contributed by atoms with Crippen LogP contribution in [0.5, 0.6) is 0 Å². The molecule has 0 saturated carbocycles. The van der Waals surface area contributed by atoms with E-state index in [4.69, 9.17) is 17.3 Å². The number of halogens is 2. The molecule has 0 aromatic carbocycles. The van der Waals surface area contributed by atoms with E-state index in [2.05, 4.69) is 46.8 Å². The smallest absolute Gasteiger partial charge is 0.155 e. The molecule has 0 aliphatic rings. The first-order valence-electron chi connectivity index (χ1n) is 5.93. The van der Waals surface area contributed by atoms with Crippen molar-refractivity contribution in [3.8, 4) is 5.82 Å². The van der Waals surface area contributed by atoms with Gasteiger partial charge in [-0.1, -0.05) is 32.4 Å². The number of aromatic nitrogens is 3. The molecule has 0 aliphatic heterocycles. The van der Waals surface area contributed by atoms with Gasteiger partial charge in [0.2, 0.25) is 0 Å². The lowest BCUT2D eigenvalue weighted by atomic mass is 9.91. The van der Waals surface area contributed by atoms with E-state index in [0.29, 0.717) is 16.7 Å². The van der Waals surface area contributed by atoms with E-state index >= 15 is 0 Å². The minimum Gasteiger partial charge on any atom is -0.382 e. The molecule has 0 saturated heterocycles. The maximum Gasteiger partial charge on any atom is 0.155 e. The van der Waals surface area contributed by atoms with Crippen molar-refractivity contribution >= 4 is 33.3 Å². The molecule has 2 N–H and O–H groups in total. The Hall–Kier alpha value is -1.07. The Morgan fingerprint density at radius 1 is 1.37 bits per heavy atom. The number of hydrogen-bond acceptors (Lipinski definition) is 3. The Labute approximate surface area is 126 Å². The second-order valence-electron chi connectivity index (χ2n) is 5.63. The Morgan fingerprint density at radius 2 is 2.05 bits per heavy atom. The molecule has 102 valence electrons. The van der Waals surface area contributed by atoms with Crippen LogP contribution in [0.25, 0.3) is 5.82 Å². The van der Waals surface area contributed by atoms with Crippen LogP contribution in [0.4, 0.5) is 5.82 Å². The van der Waals surface area contributed by atoms with Crippen molar-refractivity contribution in [3.63, 3.8) is 0 Å². The van der Waals surface area contributed by atoms with Crippen molar-refractivity contribution in [2.75, 3.05) is 5.73 Å². The van der Waals surface area contributed by atoms with E-state index < -0.39 is 0 Å². The zero-order valence-electron chi connectivity index (χ0n) is 11.1. The third-order valence-corrected chi connectivity index (χ3v) is 3.43. The number of anilines is 1. The lowest BCUT2D eigenvalue weighted by Gasteiger charge is -2.16. The van der Waals surface area contributed by atoms with Gasteiger partial charge in [0.05, 0.1) is 5.69 Å². The summed E-state index contributed by atoms with van der Waals surface area (Å²) in [4.78, 5) is 4.28. The van der Waals surface area contributed by atoms with Gasteiger partial charge in [0.1, 0.15) is 10.8 Å². The molecule has 0 bridgehead atoms. The number of nitrogens with two attached hydrogens (primary N) is 1. The van der Waals surface area contributed by atoms with Gasteiger partial charge < -0.3 is 5.73 Å². The third kappa shape index (κ3) is 3.28. The normalized spacial score (nSPS) is 11.8. The third-order valence-electron chi connectivity index (χ3n) is 2.55. The van der Waals surface area contributed by atoms with Gasteiger partial charge in [0.25, 0.3) is 0 Å². The maximum atomic E-state index is 6.26. The summed E-state index contributed by atoms with van der Waals surface area (Å²) in [6.07, 6.45) is 2.47. The largest absolute Gasteiger partial charge is 0.382 e. The van der Waals surface area contributed by atoms with Crippen molar-refractivity contribution in [3.05, 3.63) is 33.5 Å². The van der Waals surface area contributed by atoms with Crippen LogP contribution in [0.1, 0.15) is 26.5 Å². The molecule has 0 fully saturated rings. The number of nitrogens with zero attached hydrogens (tertiary/aromatic N) is 3. The number of rotatable bonds is 2. The first-order chi connectivity index (χ1) is 8.78. The molecule has 0 radical (unpaired) electrons. The zero-order chi connectivity index (χ0) is 14.2. The highest BCUT2D eigenvalue weighted by molar-refractivity contribution is 9.10. The van der Waals surface area contributed by atoms with Crippen molar-refractivity contribution in [1.82, 2.24) is 14.8 Å². The molecular formula is C13H16BrClN4. The molecule has 2 aromatic rings. The topological polar surface area (TPSA) is 56.7 Å². The summed E-state index contributed by atoms with van der Waals surface area (Å²) < 4.78 is 2.48. The number of nitrogen functional groups attached to an aromatic ring is 1. The van der Waals surface area contributed by atoms with Gasteiger partial charge in [-0.15, -0.1) is 0 Å². The van der Waals surface area contributed by atoms with E-state index in [-0.39, 0.29) is 5.41 Å². The molecular weight excluding hydrogens is 328 g/mol. The lowest BCUT2D eigenvalue weighted by molar-refractivity contribution is 0.405. The van der Waals surface area contributed by atoms with Crippen LogP contribution in [-0.2, 0) is 6.42 Å². The fourth-order valence-electron chi connectivity index (χ4n) is 1.74. The van der Waals surface area contributed by atoms with Gasteiger partial charge in [0, 0.05) is 10.7 Å². The van der Waals surface area contributed by atoms with E-state index in [9.17, 15) is 0 Å². The standard InChI is InChI=1S/C13H16BrClN4/c1-13(2,3)6-9-11(15)12(16)19(18-9)10-5-4-8(14)7-17-10/h4-5,7H,6,16H2,1-3H3. The van der Waals surface area contributed by atoms with E-state index in [1.54, 1.807) is 10.9 Å². The van der Waals surface area contributed by atoms with Crippen LogP contribution in [-0.4, -0.2) is 14.8 Å². The summed E-state index contributed by atoms with van der Waals surface area (Å²) >= 11 is 9.60. The Balaban J connectivity index is 2.43. The van der Waals surface area contributed by atoms with Crippen molar-refractivity contribution < 1.29 is 0 Å². The fraction of sp³-hybridized carbons (Fsp3) is 0.385. The van der Waals surface area contributed by atoms with Crippen LogP contribution < -0.4 is 5.73 Å². The number of pyridine rings is 1. The molecule has 0 atom stereocenters. The molecule has 0 aliphatic carbocycles. The van der Waals surface area contributed by atoms with Crippen LogP contribution in [0.2, 0.25) is 5.02 Å². The van der Waals surface area contributed by atoms with Crippen LogP contribution in [0.3, 0.4) is 0 Å². The highest BCUT2D eigenvalue weighted by atomic mass is 79.9. The summed E-state index contributed by atoms with van der Waals surface area (Å²) in [6.45, 7) is 6.41. The van der Waals surface area contributed by atoms with Crippen LogP contribution in [0.15, 0.2) is 22.8 Å². The molecule has 6 heteroatoms. The Kier molecular flexibility index (Phi) is 3.87. The summed E-state index contributed by atoms with van der Waals surface area (Å²) in [5.41, 5.74) is 6.91. The lowest BCUT2D eigenvalue weighted by Crippen LogP contribution is -2.10. The molecule has 0 amide bonds. The molecule has 19 heavy (non-hydrogen) atoms. The van der Waals surface area contributed by atoms with Crippen LogP contribution in [0, 0.1) is 5.41 Å². The molecule has 0 spiro atoms. The summed E-state index contributed by atoms with van der Waals surface area (Å²) in [5.74, 6) is 1.08. The second-order valence-corrected chi connectivity index (χ2v) is 6.92. The average Bonchev–Trinajstić information content (AvgIpc) is 2.57. The monoisotopic (exact) mass is 342 g/mol. The molecule has 4 nitrogen and oxygen atoms in total. The first-order valence-corrected chi connectivity index (χ1v) is 7.10. The van der Waals surface area contributed by atoms with Gasteiger partial charge in [-0.3, -0.25) is 0 Å². The molecule has 2 heterocycles. The minimum absolute atomic E-state index is 0.0996. The Morgan fingerprint density at radius 3 is 2.58 bits per heavy atom. The van der Waals surface area contributed by atoms with Gasteiger partial charge in [-0.05, 0) is 39.9 Å². The minimum atomic E-state index is 0.0996. The van der Waals surface area contributed by atoms with Gasteiger partial charge >= 0.3 is 0 Å².